The molecule has 0 saturated heterocycles. The fraction of sp³-hybridized carbons (Fsp3) is 0.263. The number of rotatable bonds is 4. The van der Waals surface area contributed by atoms with E-state index in [1.54, 1.807) is 6.92 Å². The van der Waals surface area contributed by atoms with Crippen molar-refractivity contribution in [1.29, 1.82) is 0 Å². The third-order valence-electron chi connectivity index (χ3n) is 4.26. The SMILES string of the molecule is C/C(=N\NC(=O)CN1CCCc2ccccc21)c1cc(O)ccc1O. The summed E-state index contributed by atoms with van der Waals surface area (Å²) in [5.74, 6) is -0.201. The first-order valence-corrected chi connectivity index (χ1v) is 8.23. The van der Waals surface area contributed by atoms with Crippen LogP contribution in [0.1, 0.15) is 24.5 Å². The van der Waals surface area contributed by atoms with E-state index in [0.717, 1.165) is 25.1 Å². The summed E-state index contributed by atoms with van der Waals surface area (Å²) in [5, 5.41) is 23.4. The number of carbonyl (C=O) groups excluding carboxylic acids is 1. The smallest absolute Gasteiger partial charge is 0.259 e. The molecule has 1 aliphatic rings. The van der Waals surface area contributed by atoms with Gasteiger partial charge in [-0.2, -0.15) is 5.10 Å². The monoisotopic (exact) mass is 339 g/mol. The molecule has 2 aromatic rings. The highest BCUT2D eigenvalue weighted by molar-refractivity contribution is 6.01. The number of hydrogen-bond donors (Lipinski definition) is 3. The van der Waals surface area contributed by atoms with Gasteiger partial charge in [-0.05, 0) is 49.6 Å². The van der Waals surface area contributed by atoms with E-state index in [1.165, 1.54) is 23.8 Å². The highest BCUT2D eigenvalue weighted by Gasteiger charge is 2.18. The standard InChI is InChI=1S/C19H21N3O3/c1-13(16-11-15(23)8-9-18(16)24)20-21-19(25)12-22-10-4-6-14-5-2-3-7-17(14)22/h2-3,5,7-9,11,23-24H,4,6,10,12H2,1H3,(H,21,25)/b20-13+. The topological polar surface area (TPSA) is 85.2 Å². The Kier molecular flexibility index (Phi) is 4.88. The van der Waals surface area contributed by atoms with Crippen LogP contribution in [0.4, 0.5) is 5.69 Å². The number of amides is 1. The van der Waals surface area contributed by atoms with Crippen LogP contribution in [-0.4, -0.2) is 34.9 Å². The number of phenols is 2. The fourth-order valence-corrected chi connectivity index (χ4v) is 3.00. The van der Waals surface area contributed by atoms with Gasteiger partial charge in [-0.1, -0.05) is 18.2 Å². The van der Waals surface area contributed by atoms with Crippen LogP contribution in [0.3, 0.4) is 0 Å². The van der Waals surface area contributed by atoms with Gasteiger partial charge in [0.05, 0.1) is 12.3 Å². The Balaban J connectivity index is 1.66. The molecule has 0 saturated carbocycles. The molecule has 3 rings (SSSR count). The number of aryl methyl sites for hydroxylation is 1. The third-order valence-corrected chi connectivity index (χ3v) is 4.26. The van der Waals surface area contributed by atoms with E-state index in [1.807, 2.05) is 23.1 Å². The molecule has 25 heavy (non-hydrogen) atoms. The van der Waals surface area contributed by atoms with Crippen LogP contribution in [0, 0.1) is 0 Å². The van der Waals surface area contributed by atoms with E-state index >= 15 is 0 Å². The zero-order chi connectivity index (χ0) is 17.8. The largest absolute Gasteiger partial charge is 0.508 e. The second kappa shape index (κ2) is 7.25. The van der Waals surface area contributed by atoms with E-state index in [4.69, 9.17) is 0 Å². The number of para-hydroxylation sites is 1. The van der Waals surface area contributed by atoms with Crippen molar-refractivity contribution < 1.29 is 15.0 Å². The Bertz CT molecular complexity index is 817. The zero-order valence-electron chi connectivity index (χ0n) is 14.1. The Morgan fingerprint density at radius 1 is 1.24 bits per heavy atom. The summed E-state index contributed by atoms with van der Waals surface area (Å²) in [4.78, 5) is 14.3. The van der Waals surface area contributed by atoms with Crippen molar-refractivity contribution in [2.45, 2.75) is 19.8 Å². The second-order valence-electron chi connectivity index (χ2n) is 6.09. The Hall–Kier alpha value is -3.02. The van der Waals surface area contributed by atoms with Crippen LogP contribution in [0.2, 0.25) is 0 Å². The lowest BCUT2D eigenvalue weighted by Gasteiger charge is -2.30. The summed E-state index contributed by atoms with van der Waals surface area (Å²) in [6, 6.07) is 12.3. The Labute approximate surface area is 146 Å². The molecule has 0 aromatic heterocycles. The minimum absolute atomic E-state index is 0.00161. The number of aromatic hydroxyl groups is 2. The van der Waals surface area contributed by atoms with Crippen molar-refractivity contribution in [2.75, 3.05) is 18.0 Å². The number of phenolic OH excluding ortho intramolecular Hbond substituents is 2. The molecule has 6 heteroatoms. The summed E-state index contributed by atoms with van der Waals surface area (Å²) in [5.41, 5.74) is 5.66. The molecular weight excluding hydrogens is 318 g/mol. The number of hydrogen-bond acceptors (Lipinski definition) is 5. The van der Waals surface area contributed by atoms with E-state index in [-0.39, 0.29) is 24.0 Å². The average Bonchev–Trinajstić information content (AvgIpc) is 2.62. The molecule has 6 nitrogen and oxygen atoms in total. The van der Waals surface area contributed by atoms with Gasteiger partial charge in [-0.3, -0.25) is 4.79 Å². The van der Waals surface area contributed by atoms with Crippen LogP contribution in [0.25, 0.3) is 0 Å². The number of benzene rings is 2. The quantitative estimate of drug-likeness (QED) is 0.454. The van der Waals surface area contributed by atoms with Crippen molar-refractivity contribution in [3.63, 3.8) is 0 Å². The molecular formula is C19H21N3O3. The van der Waals surface area contributed by atoms with Crippen LogP contribution in [-0.2, 0) is 11.2 Å². The highest BCUT2D eigenvalue weighted by Crippen LogP contribution is 2.26. The van der Waals surface area contributed by atoms with Crippen molar-refractivity contribution in [1.82, 2.24) is 5.43 Å². The summed E-state index contributed by atoms with van der Waals surface area (Å²) >= 11 is 0. The molecule has 130 valence electrons. The molecule has 1 heterocycles. The van der Waals surface area contributed by atoms with Crippen LogP contribution >= 0.6 is 0 Å². The number of nitrogens with one attached hydrogen (secondary N) is 1. The van der Waals surface area contributed by atoms with E-state index < -0.39 is 0 Å². The average molecular weight is 339 g/mol. The van der Waals surface area contributed by atoms with Gasteiger partial charge in [0.1, 0.15) is 11.5 Å². The van der Waals surface area contributed by atoms with Gasteiger partial charge in [0, 0.05) is 17.8 Å². The van der Waals surface area contributed by atoms with Crippen LogP contribution in [0.5, 0.6) is 11.5 Å². The summed E-state index contributed by atoms with van der Waals surface area (Å²) < 4.78 is 0. The first kappa shape index (κ1) is 16.8. The molecule has 0 atom stereocenters. The minimum atomic E-state index is -0.226. The number of fused-ring (bicyclic) bond motifs is 1. The van der Waals surface area contributed by atoms with Gasteiger partial charge in [0.2, 0.25) is 0 Å². The van der Waals surface area contributed by atoms with E-state index in [9.17, 15) is 15.0 Å². The van der Waals surface area contributed by atoms with Crippen molar-refractivity contribution >= 4 is 17.3 Å². The van der Waals surface area contributed by atoms with Gasteiger partial charge in [-0.25, -0.2) is 5.43 Å². The summed E-state index contributed by atoms with van der Waals surface area (Å²) in [6.07, 6.45) is 2.05. The summed E-state index contributed by atoms with van der Waals surface area (Å²) in [6.45, 7) is 2.71. The van der Waals surface area contributed by atoms with Crippen LogP contribution in [0.15, 0.2) is 47.6 Å². The lowest BCUT2D eigenvalue weighted by Crippen LogP contribution is -2.38. The van der Waals surface area contributed by atoms with Gasteiger partial charge in [-0.15, -0.1) is 0 Å². The fourth-order valence-electron chi connectivity index (χ4n) is 3.00. The predicted molar refractivity (Wildman–Crippen MR) is 97.1 cm³/mol. The Morgan fingerprint density at radius 2 is 2.04 bits per heavy atom. The first-order chi connectivity index (χ1) is 12.0. The number of anilines is 1. The molecule has 1 aliphatic heterocycles. The molecule has 2 aromatic carbocycles. The van der Waals surface area contributed by atoms with E-state index in [0.29, 0.717) is 11.3 Å². The maximum absolute atomic E-state index is 12.2. The van der Waals surface area contributed by atoms with Crippen molar-refractivity contribution in [3.05, 3.63) is 53.6 Å². The second-order valence-corrected chi connectivity index (χ2v) is 6.09. The number of nitrogens with zero attached hydrogens (tertiary/aromatic N) is 2. The van der Waals surface area contributed by atoms with Crippen molar-refractivity contribution in [3.8, 4) is 11.5 Å². The third kappa shape index (κ3) is 3.91. The number of carbonyl (C=O) groups is 1. The van der Waals surface area contributed by atoms with Crippen LogP contribution < -0.4 is 10.3 Å². The molecule has 0 unspecified atom stereocenters. The molecule has 0 fully saturated rings. The lowest BCUT2D eigenvalue weighted by atomic mass is 10.0. The van der Waals surface area contributed by atoms with Gasteiger partial charge < -0.3 is 15.1 Å². The van der Waals surface area contributed by atoms with Gasteiger partial charge in [0.25, 0.3) is 5.91 Å². The minimum Gasteiger partial charge on any atom is -0.508 e. The Morgan fingerprint density at radius 3 is 2.88 bits per heavy atom. The predicted octanol–water partition coefficient (Wildman–Crippen LogP) is 2.39. The van der Waals surface area contributed by atoms with Crippen molar-refractivity contribution in [2.24, 2.45) is 5.10 Å². The van der Waals surface area contributed by atoms with Gasteiger partial charge in [0.15, 0.2) is 0 Å². The number of hydrazone groups is 1. The lowest BCUT2D eigenvalue weighted by molar-refractivity contribution is -0.119. The molecule has 0 aliphatic carbocycles. The van der Waals surface area contributed by atoms with E-state index in [2.05, 4.69) is 16.6 Å². The summed E-state index contributed by atoms with van der Waals surface area (Å²) in [7, 11) is 0. The maximum Gasteiger partial charge on any atom is 0.259 e. The molecule has 0 spiro atoms. The highest BCUT2D eigenvalue weighted by atomic mass is 16.3. The maximum atomic E-state index is 12.2. The zero-order valence-corrected chi connectivity index (χ0v) is 14.1. The molecule has 1 amide bonds. The molecule has 0 radical (unpaired) electrons. The first-order valence-electron chi connectivity index (χ1n) is 8.23. The molecule has 3 N–H and O–H groups in total. The van der Waals surface area contributed by atoms with Gasteiger partial charge >= 0.3 is 0 Å². The molecule has 0 bridgehead atoms. The normalized spacial score (nSPS) is 14.1.